The summed E-state index contributed by atoms with van der Waals surface area (Å²) in [5.41, 5.74) is 14.4. The number of pyridine rings is 5. The molecule has 5 aromatic rings. The molecule has 5 aromatic heterocycles. The highest BCUT2D eigenvalue weighted by atomic mass is 79.9. The molecule has 0 saturated heterocycles. The number of anilines is 7. The van der Waals surface area contributed by atoms with Gasteiger partial charge in [-0.1, -0.05) is 31.9 Å². The summed E-state index contributed by atoms with van der Waals surface area (Å²) in [5, 5.41) is 11.7. The quantitative estimate of drug-likeness (QED) is 0.0455. The minimum absolute atomic E-state index is 0.0116. The van der Waals surface area contributed by atoms with E-state index in [-0.39, 0.29) is 56.1 Å². The summed E-state index contributed by atoms with van der Waals surface area (Å²) in [5.74, 6) is 1.88. The number of alkyl halides is 2. The molecule has 4 saturated carbocycles. The fraction of sp³-hybridized carbons (Fsp3) is 0.434. The molecule has 450 valence electrons. The molecule has 4 fully saturated rings. The largest absolute Gasteiger partial charge is 0.397 e. The molecule has 83 heavy (non-hydrogen) atoms. The Labute approximate surface area is 575 Å². The second-order valence-corrected chi connectivity index (χ2v) is 29.3. The SMILES string of the molecule is CC(Br)C(=O)Br.CC(Br)C(=O)Nc1ccc(Br)nc1Br.CC(NC1CC1)C(=O)Nc1ccc(Br)nc1Br.CC1C(=O)N(C)c2ccc(Br)nc2N1C1CC1.CC1C(=O)Nc2ccc(Br)nc2N1C1CC1.NC1CC1.Nc1ccc(Br)nc1Br. The average Bonchev–Trinajstić information content (AvgIpc) is 3.29. The number of nitrogens with one attached hydrogen (secondary N) is 4. The Morgan fingerprint density at radius 1 is 0.590 bits per heavy atom. The zero-order chi connectivity index (χ0) is 61.6. The molecule has 0 aromatic carbocycles. The highest BCUT2D eigenvalue weighted by Gasteiger charge is 2.43. The third kappa shape index (κ3) is 23.7. The molecule has 19 nitrogen and oxygen atoms in total. The molecule has 6 aliphatic rings. The van der Waals surface area contributed by atoms with Crippen LogP contribution in [0.3, 0.4) is 0 Å². The van der Waals surface area contributed by atoms with Gasteiger partial charge in [0.15, 0.2) is 11.6 Å². The number of amides is 4. The minimum Gasteiger partial charge on any atom is -0.397 e. The lowest BCUT2D eigenvalue weighted by atomic mass is 10.1. The molecule has 4 aliphatic carbocycles. The molecule has 0 spiro atoms. The van der Waals surface area contributed by atoms with Crippen molar-refractivity contribution in [2.75, 3.05) is 43.4 Å². The zero-order valence-electron chi connectivity index (χ0n) is 45.6. The third-order valence-corrected chi connectivity index (χ3v) is 18.5. The Morgan fingerprint density at radius 2 is 1.01 bits per heavy atom. The first-order valence-electron chi connectivity index (χ1n) is 25.9. The van der Waals surface area contributed by atoms with Crippen molar-refractivity contribution in [1.82, 2.24) is 30.2 Å². The highest BCUT2D eigenvalue weighted by molar-refractivity contribution is 9.20. The van der Waals surface area contributed by atoms with Gasteiger partial charge in [-0.3, -0.25) is 24.0 Å². The van der Waals surface area contributed by atoms with Gasteiger partial charge in [0.2, 0.25) is 28.3 Å². The first-order valence-corrected chi connectivity index (χ1v) is 34.8. The van der Waals surface area contributed by atoms with Gasteiger partial charge in [0, 0.05) is 31.2 Å². The van der Waals surface area contributed by atoms with Crippen molar-refractivity contribution in [3.63, 3.8) is 0 Å². The van der Waals surface area contributed by atoms with Gasteiger partial charge in [0.1, 0.15) is 48.9 Å². The van der Waals surface area contributed by atoms with Gasteiger partial charge >= 0.3 is 0 Å². The number of hydrogen-bond donors (Lipinski definition) is 6. The van der Waals surface area contributed by atoms with Crippen LogP contribution >= 0.6 is 175 Å². The smallest absolute Gasteiger partial charge is 0.249 e. The van der Waals surface area contributed by atoms with Gasteiger partial charge in [-0.15, -0.1) is 0 Å². The van der Waals surface area contributed by atoms with Crippen LogP contribution in [0.2, 0.25) is 0 Å². The number of nitrogens with zero attached hydrogens (tertiary/aromatic N) is 8. The van der Waals surface area contributed by atoms with Crippen molar-refractivity contribution < 1.29 is 24.0 Å². The lowest BCUT2D eigenvalue weighted by Crippen LogP contribution is -2.52. The molecular formula is C53H61Br11N14O5. The zero-order valence-corrected chi connectivity index (χ0v) is 63.0. The first kappa shape index (κ1) is 71.7. The maximum atomic E-state index is 12.2. The average molecular weight is 1850 g/mol. The van der Waals surface area contributed by atoms with Crippen LogP contribution in [-0.4, -0.2) is 112 Å². The molecule has 0 bridgehead atoms. The van der Waals surface area contributed by atoms with Crippen molar-refractivity contribution in [1.29, 1.82) is 0 Å². The molecule has 7 heterocycles. The minimum atomic E-state index is -0.224. The molecular weight excluding hydrogens is 1790 g/mol. The van der Waals surface area contributed by atoms with Crippen molar-refractivity contribution in [3.8, 4) is 0 Å². The molecule has 8 N–H and O–H groups in total. The van der Waals surface area contributed by atoms with Crippen LogP contribution in [0, 0.1) is 0 Å². The van der Waals surface area contributed by atoms with Gasteiger partial charge in [-0.25, -0.2) is 24.9 Å². The van der Waals surface area contributed by atoms with Crippen LogP contribution in [0.4, 0.5) is 40.1 Å². The Hall–Kier alpha value is -2.10. The number of rotatable bonds is 9. The summed E-state index contributed by atoms with van der Waals surface area (Å²) in [6.07, 6.45) is 9.50. The summed E-state index contributed by atoms with van der Waals surface area (Å²) < 4.78 is 5.74. The van der Waals surface area contributed by atoms with Gasteiger partial charge < -0.3 is 47.4 Å². The van der Waals surface area contributed by atoms with Gasteiger partial charge in [-0.2, -0.15) is 0 Å². The van der Waals surface area contributed by atoms with Crippen LogP contribution in [0.25, 0.3) is 0 Å². The van der Waals surface area contributed by atoms with Gasteiger partial charge in [-0.05, 0) is 290 Å². The number of nitrogen functional groups attached to an aromatic ring is 1. The van der Waals surface area contributed by atoms with E-state index in [0.717, 1.165) is 67.1 Å². The number of aromatic nitrogens is 5. The number of carbonyl (C=O) groups is 5. The fourth-order valence-corrected chi connectivity index (χ4v) is 10.7. The van der Waals surface area contributed by atoms with Gasteiger partial charge in [0.05, 0.1) is 44.1 Å². The highest BCUT2D eigenvalue weighted by Crippen LogP contribution is 2.42. The van der Waals surface area contributed by atoms with Crippen molar-refractivity contribution in [2.24, 2.45) is 5.73 Å². The van der Waals surface area contributed by atoms with E-state index in [1.54, 1.807) is 49.1 Å². The van der Waals surface area contributed by atoms with E-state index < -0.39 is 0 Å². The Bertz CT molecular complexity index is 3080. The maximum Gasteiger partial charge on any atom is 0.249 e. The number of carbonyl (C=O) groups excluding carboxylic acids is 5. The van der Waals surface area contributed by atoms with Crippen molar-refractivity contribution >= 4 is 244 Å². The molecule has 0 radical (unpaired) electrons. The molecule has 4 amide bonds. The first-order chi connectivity index (χ1) is 39.1. The predicted octanol–water partition coefficient (Wildman–Crippen LogP) is 14.3. The van der Waals surface area contributed by atoms with E-state index in [0.29, 0.717) is 59.6 Å². The van der Waals surface area contributed by atoms with E-state index in [9.17, 15) is 24.0 Å². The summed E-state index contributed by atoms with van der Waals surface area (Å²) in [6.45, 7) is 9.28. The third-order valence-electron chi connectivity index (χ3n) is 12.3. The summed E-state index contributed by atoms with van der Waals surface area (Å²) in [7, 11) is 1.82. The van der Waals surface area contributed by atoms with Crippen LogP contribution in [-0.2, 0) is 24.0 Å². The standard InChI is InChI=1S/C12H14BrN3O.C11H13Br2N3O.C11H12BrN3O.C8H7Br3N2O.C5H4Br2N2.C3H4Br2O.C3H7N/c1-7-12(17)15(2)9-5-6-10(13)14-11(9)16(7)8-3-4-8;1-6(14-7-2-3-7)11(17)15-8-4-5-9(12)16-10(8)13;1-6-11(16)13-8-4-5-9(12)14-10(8)15(6)7-2-3-7;1-4(9)8(14)12-5-2-3-6(10)13-7(5)11;6-4-2-1-3(8)5(7)9-4;1-2(4)3(5)6;4-3-1-2-3/h5-8H,3-4H2,1-2H3;4-7,14H,2-3H2,1H3,(H,15,17);4-7H,2-3H2,1H3,(H,13,16);2-4H,1H3,(H,12,14);1-2H,8H2;2H,1H3;3H,1-2,4H2. The fourth-order valence-electron chi connectivity index (χ4n) is 7.20. The monoisotopic (exact) mass is 1840 g/mol. The van der Waals surface area contributed by atoms with Crippen LogP contribution < -0.4 is 47.4 Å². The molecule has 2 aliphatic heterocycles. The van der Waals surface area contributed by atoms with E-state index in [4.69, 9.17) is 11.5 Å². The molecule has 11 rings (SSSR count). The summed E-state index contributed by atoms with van der Waals surface area (Å²) >= 11 is 35.2. The molecule has 5 unspecified atom stereocenters. The predicted molar refractivity (Wildman–Crippen MR) is 370 cm³/mol. The Kier molecular flexibility index (Phi) is 29.4. The van der Waals surface area contributed by atoms with E-state index in [1.807, 2.05) is 58.2 Å². The second-order valence-electron chi connectivity index (χ2n) is 19.5. The Balaban J connectivity index is 0.000000184. The molecule has 5 atom stereocenters. The maximum absolute atomic E-state index is 12.2. The van der Waals surface area contributed by atoms with Crippen LogP contribution in [0.1, 0.15) is 86.0 Å². The summed E-state index contributed by atoms with van der Waals surface area (Å²) in [4.78, 5) is 84.1. The number of hydrogen-bond acceptors (Lipinski definition) is 15. The van der Waals surface area contributed by atoms with E-state index in [2.05, 4.69) is 231 Å². The topological polar surface area (TPSA) is 260 Å². The lowest BCUT2D eigenvalue weighted by Gasteiger charge is -2.39. The van der Waals surface area contributed by atoms with Crippen LogP contribution in [0.5, 0.6) is 0 Å². The van der Waals surface area contributed by atoms with Gasteiger partial charge in [0.25, 0.3) is 0 Å². The normalized spacial score (nSPS) is 18.3. The van der Waals surface area contributed by atoms with Crippen molar-refractivity contribution in [2.45, 2.75) is 138 Å². The second kappa shape index (κ2) is 34.0. The number of fused-ring (bicyclic) bond motifs is 2. The number of likely N-dealkylation sites (N-methyl/N-ethyl adjacent to an activating group) is 1. The Morgan fingerprint density at radius 3 is 1.43 bits per heavy atom. The molecule has 30 heteroatoms. The van der Waals surface area contributed by atoms with Crippen LogP contribution in [0.15, 0.2) is 97.5 Å². The van der Waals surface area contributed by atoms with E-state index in [1.165, 1.54) is 25.7 Å². The lowest BCUT2D eigenvalue weighted by molar-refractivity contribution is -0.120. The summed E-state index contributed by atoms with van der Waals surface area (Å²) in [6, 6.07) is 19.9. The van der Waals surface area contributed by atoms with E-state index >= 15 is 0 Å². The number of nitrogens with two attached hydrogens (primary N) is 2. The van der Waals surface area contributed by atoms with Crippen molar-refractivity contribution in [3.05, 3.63) is 97.5 Å². The number of halogens is 11.